The highest BCUT2D eigenvalue weighted by Gasteiger charge is 2.37. The van der Waals surface area contributed by atoms with Crippen LogP contribution in [-0.2, 0) is 0 Å². The summed E-state index contributed by atoms with van der Waals surface area (Å²) in [5, 5.41) is 4.72. The van der Waals surface area contributed by atoms with Crippen molar-refractivity contribution in [2.45, 2.75) is 12.0 Å². The average Bonchev–Trinajstić information content (AvgIpc) is 3.68. The first-order chi connectivity index (χ1) is 23.8. The van der Waals surface area contributed by atoms with Crippen LogP contribution in [0, 0.1) is 0 Å². The highest BCUT2D eigenvalue weighted by Crippen LogP contribution is 2.48. The molecule has 0 saturated carbocycles. The molecule has 0 fully saturated rings. The van der Waals surface area contributed by atoms with E-state index in [1.165, 1.54) is 21.7 Å². The van der Waals surface area contributed by atoms with Crippen molar-refractivity contribution in [2.75, 3.05) is 4.90 Å². The lowest BCUT2D eigenvalue weighted by Crippen LogP contribution is -2.38. The van der Waals surface area contributed by atoms with Gasteiger partial charge in [-0.1, -0.05) is 121 Å². The molecule has 2 atom stereocenters. The Balaban J connectivity index is 1.08. The Morgan fingerprint density at radius 1 is 0.479 bits per heavy atom. The van der Waals surface area contributed by atoms with Gasteiger partial charge in [-0.05, 0) is 46.3 Å². The molecule has 5 nitrogen and oxygen atoms in total. The van der Waals surface area contributed by atoms with E-state index in [1.54, 1.807) is 0 Å². The molecular weight excluding hydrogens is 589 g/mol. The van der Waals surface area contributed by atoms with Crippen LogP contribution in [0.5, 0.6) is 0 Å². The predicted molar refractivity (Wildman–Crippen MR) is 193 cm³/mol. The molecule has 0 amide bonds. The SMILES string of the molecule is C1=c2ccccc2=CC2C1c1ccccc1N2c1ccc2c(c1)oc1cc(-c3nc(-c4ccccc4)nc(-c4ccccc4)n3)ccc12. The Bertz CT molecular complexity index is 2590. The van der Waals surface area contributed by atoms with Gasteiger partial charge in [0.25, 0.3) is 0 Å². The topological polar surface area (TPSA) is 55.1 Å². The zero-order valence-corrected chi connectivity index (χ0v) is 25.9. The van der Waals surface area contributed by atoms with Gasteiger partial charge in [-0.15, -0.1) is 0 Å². The van der Waals surface area contributed by atoms with E-state index in [1.807, 2.05) is 60.7 Å². The van der Waals surface area contributed by atoms with E-state index in [2.05, 4.69) is 102 Å². The lowest BCUT2D eigenvalue weighted by atomic mass is 9.89. The third-order valence-electron chi connectivity index (χ3n) is 9.62. The van der Waals surface area contributed by atoms with E-state index in [-0.39, 0.29) is 12.0 Å². The van der Waals surface area contributed by atoms with Crippen molar-refractivity contribution in [3.05, 3.63) is 162 Å². The summed E-state index contributed by atoms with van der Waals surface area (Å²) < 4.78 is 6.61. The minimum absolute atomic E-state index is 0.187. The molecule has 0 spiro atoms. The first kappa shape index (κ1) is 26.8. The maximum absolute atomic E-state index is 6.61. The van der Waals surface area contributed by atoms with Gasteiger partial charge >= 0.3 is 0 Å². The van der Waals surface area contributed by atoms with Crippen LogP contribution in [0.3, 0.4) is 0 Å². The van der Waals surface area contributed by atoms with Gasteiger partial charge in [0.05, 0.1) is 6.04 Å². The van der Waals surface area contributed by atoms with Crippen LogP contribution in [0.15, 0.2) is 150 Å². The third-order valence-corrected chi connectivity index (χ3v) is 9.62. The molecule has 3 heterocycles. The quantitative estimate of drug-likeness (QED) is 0.198. The predicted octanol–water partition coefficient (Wildman–Crippen LogP) is 8.65. The first-order valence-electron chi connectivity index (χ1n) is 16.3. The van der Waals surface area contributed by atoms with E-state index in [9.17, 15) is 0 Å². The Labute approximate surface area is 276 Å². The largest absolute Gasteiger partial charge is 0.456 e. The number of anilines is 2. The maximum atomic E-state index is 6.61. The van der Waals surface area contributed by atoms with Crippen LogP contribution in [-0.4, -0.2) is 21.0 Å². The fourth-order valence-corrected chi connectivity index (χ4v) is 7.36. The van der Waals surface area contributed by atoms with Gasteiger partial charge in [0.1, 0.15) is 11.2 Å². The van der Waals surface area contributed by atoms with Gasteiger partial charge in [0.2, 0.25) is 0 Å². The van der Waals surface area contributed by atoms with Crippen LogP contribution in [0.1, 0.15) is 11.5 Å². The number of hydrogen-bond donors (Lipinski definition) is 0. The Morgan fingerprint density at radius 2 is 1.04 bits per heavy atom. The first-order valence-corrected chi connectivity index (χ1v) is 16.3. The second-order valence-electron chi connectivity index (χ2n) is 12.4. The van der Waals surface area contributed by atoms with Gasteiger partial charge in [-0.25, -0.2) is 15.0 Å². The van der Waals surface area contributed by atoms with Crippen molar-refractivity contribution in [2.24, 2.45) is 0 Å². The molecule has 0 radical (unpaired) electrons. The standard InChI is InChI=1S/C43H28N4O/c1-3-11-27(12-4-1)41-44-42(28-13-5-2-6-14-28)46-43(45-41)31-19-21-34-35-22-20-32(26-40(35)48-39(34)25-31)47-37-18-10-9-17-33(37)36-23-29-15-7-8-16-30(29)24-38(36)47/h1-26,36,38H. The fraction of sp³-hybridized carbons (Fsp3) is 0.0465. The van der Waals surface area contributed by atoms with E-state index >= 15 is 0 Å². The monoisotopic (exact) mass is 616 g/mol. The Kier molecular flexibility index (Phi) is 5.93. The number of para-hydroxylation sites is 1. The lowest BCUT2D eigenvalue weighted by Gasteiger charge is -2.29. The van der Waals surface area contributed by atoms with Gasteiger partial charge in [0.15, 0.2) is 17.5 Å². The Hall–Kier alpha value is -6.33. The molecule has 48 heavy (non-hydrogen) atoms. The zero-order valence-electron chi connectivity index (χ0n) is 25.9. The fourth-order valence-electron chi connectivity index (χ4n) is 7.36. The molecule has 1 aliphatic heterocycles. The number of benzene rings is 6. The van der Waals surface area contributed by atoms with E-state index in [0.29, 0.717) is 17.5 Å². The van der Waals surface area contributed by atoms with Crippen LogP contribution < -0.4 is 15.3 Å². The second kappa shape index (κ2) is 10.6. The smallest absolute Gasteiger partial charge is 0.164 e. The van der Waals surface area contributed by atoms with E-state index < -0.39 is 0 Å². The van der Waals surface area contributed by atoms with Crippen LogP contribution in [0.2, 0.25) is 0 Å². The number of furan rings is 1. The highest BCUT2D eigenvalue weighted by molar-refractivity contribution is 6.07. The molecule has 10 rings (SSSR count). The van der Waals surface area contributed by atoms with Gasteiger partial charge in [0, 0.05) is 50.8 Å². The van der Waals surface area contributed by atoms with Crippen molar-refractivity contribution >= 4 is 45.5 Å². The third kappa shape index (κ3) is 4.28. The summed E-state index contributed by atoms with van der Waals surface area (Å²) in [5.41, 5.74) is 8.12. The summed E-state index contributed by atoms with van der Waals surface area (Å²) in [6.45, 7) is 0. The average molecular weight is 617 g/mol. The van der Waals surface area contributed by atoms with Crippen molar-refractivity contribution in [1.82, 2.24) is 15.0 Å². The molecule has 8 aromatic rings. The summed E-state index contributed by atoms with van der Waals surface area (Å²) in [6, 6.07) is 50.6. The molecule has 2 aliphatic rings. The molecule has 2 aromatic heterocycles. The summed E-state index contributed by atoms with van der Waals surface area (Å²) in [7, 11) is 0. The van der Waals surface area contributed by atoms with E-state index in [0.717, 1.165) is 44.3 Å². The molecule has 0 saturated heterocycles. The van der Waals surface area contributed by atoms with Gasteiger partial charge in [-0.2, -0.15) is 0 Å². The van der Waals surface area contributed by atoms with Gasteiger partial charge in [-0.3, -0.25) is 0 Å². The summed E-state index contributed by atoms with van der Waals surface area (Å²) in [4.78, 5) is 17.2. The normalized spacial score (nSPS) is 16.2. The van der Waals surface area contributed by atoms with E-state index in [4.69, 9.17) is 19.4 Å². The minimum Gasteiger partial charge on any atom is -0.456 e. The second-order valence-corrected chi connectivity index (χ2v) is 12.4. The van der Waals surface area contributed by atoms with Gasteiger partial charge < -0.3 is 9.32 Å². The molecular formula is C43H28N4O. The number of aromatic nitrogens is 3. The van der Waals surface area contributed by atoms with Crippen LogP contribution >= 0.6 is 0 Å². The van der Waals surface area contributed by atoms with Crippen molar-refractivity contribution in [1.29, 1.82) is 0 Å². The highest BCUT2D eigenvalue weighted by atomic mass is 16.3. The lowest BCUT2D eigenvalue weighted by molar-refractivity contribution is 0.668. The van der Waals surface area contributed by atoms with Crippen molar-refractivity contribution < 1.29 is 4.42 Å². The van der Waals surface area contributed by atoms with Crippen molar-refractivity contribution in [3.8, 4) is 34.2 Å². The summed E-state index contributed by atoms with van der Waals surface area (Å²) >= 11 is 0. The molecule has 0 N–H and O–H groups in total. The van der Waals surface area contributed by atoms with Crippen LogP contribution in [0.25, 0.3) is 68.3 Å². The molecule has 2 unspecified atom stereocenters. The molecule has 0 bridgehead atoms. The number of hydrogen-bond acceptors (Lipinski definition) is 5. The summed E-state index contributed by atoms with van der Waals surface area (Å²) in [5.74, 6) is 2.16. The molecule has 226 valence electrons. The molecule has 1 aliphatic carbocycles. The number of rotatable bonds is 4. The number of nitrogens with zero attached hydrogens (tertiary/aromatic N) is 4. The maximum Gasteiger partial charge on any atom is 0.164 e. The summed E-state index contributed by atoms with van der Waals surface area (Å²) in [6.07, 6.45) is 4.84. The zero-order chi connectivity index (χ0) is 31.6. The Morgan fingerprint density at radius 3 is 1.75 bits per heavy atom. The van der Waals surface area contributed by atoms with Crippen LogP contribution in [0.4, 0.5) is 11.4 Å². The minimum atomic E-state index is 0.187. The van der Waals surface area contributed by atoms with Crippen molar-refractivity contribution in [3.63, 3.8) is 0 Å². The number of fused-ring (bicyclic) bond motifs is 7. The molecule has 5 heteroatoms. The molecule has 6 aromatic carbocycles.